The number of benzene rings is 1. The Hall–Kier alpha value is -2.54. The first-order chi connectivity index (χ1) is 10.0. The van der Waals surface area contributed by atoms with Crippen molar-refractivity contribution in [1.29, 1.82) is 0 Å². The van der Waals surface area contributed by atoms with E-state index in [1.807, 2.05) is 0 Å². The number of nitrogens with one attached hydrogen (secondary N) is 1. The van der Waals surface area contributed by atoms with Crippen molar-refractivity contribution < 1.29 is 9.18 Å². The molecule has 0 atom stereocenters. The lowest BCUT2D eigenvalue weighted by Crippen LogP contribution is -2.12. The Morgan fingerprint density at radius 3 is 2.90 bits per heavy atom. The molecule has 1 amide bonds. The number of amides is 1. The van der Waals surface area contributed by atoms with Crippen LogP contribution in [0, 0.1) is 12.7 Å². The summed E-state index contributed by atoms with van der Waals surface area (Å²) in [7, 11) is 0. The van der Waals surface area contributed by atoms with E-state index in [1.54, 1.807) is 19.1 Å². The SMILES string of the molecule is Cc1cc(F)cc(NC(=O)c2sc3nnccc3c2N)c1. The zero-order chi connectivity index (χ0) is 15.0. The number of carbonyl (C=O) groups is 1. The van der Waals surface area contributed by atoms with Crippen molar-refractivity contribution in [1.82, 2.24) is 10.2 Å². The molecule has 1 aromatic carbocycles. The van der Waals surface area contributed by atoms with Crippen LogP contribution in [0.3, 0.4) is 0 Å². The third-order valence-electron chi connectivity index (χ3n) is 2.93. The number of nitrogens with two attached hydrogens (primary N) is 1. The molecule has 0 radical (unpaired) electrons. The Morgan fingerprint density at radius 2 is 2.19 bits per heavy atom. The molecule has 3 rings (SSSR count). The van der Waals surface area contributed by atoms with Gasteiger partial charge in [-0.2, -0.15) is 5.10 Å². The van der Waals surface area contributed by atoms with Crippen LogP contribution < -0.4 is 11.1 Å². The van der Waals surface area contributed by atoms with E-state index >= 15 is 0 Å². The summed E-state index contributed by atoms with van der Waals surface area (Å²) < 4.78 is 13.3. The minimum Gasteiger partial charge on any atom is -0.397 e. The summed E-state index contributed by atoms with van der Waals surface area (Å²) in [6, 6.07) is 6.04. The normalized spacial score (nSPS) is 10.8. The molecule has 21 heavy (non-hydrogen) atoms. The lowest BCUT2D eigenvalue weighted by Gasteiger charge is -2.05. The summed E-state index contributed by atoms with van der Waals surface area (Å²) >= 11 is 1.16. The fourth-order valence-corrected chi connectivity index (χ4v) is 2.97. The maximum absolute atomic E-state index is 13.3. The number of anilines is 2. The molecule has 2 aromatic heterocycles. The lowest BCUT2D eigenvalue weighted by atomic mass is 10.2. The number of nitrogens with zero attached hydrogens (tertiary/aromatic N) is 2. The van der Waals surface area contributed by atoms with Crippen molar-refractivity contribution in [3.05, 3.63) is 46.7 Å². The van der Waals surface area contributed by atoms with Gasteiger partial charge in [0.05, 0.1) is 11.9 Å². The molecule has 0 fully saturated rings. The average Bonchev–Trinajstić information content (AvgIpc) is 2.76. The van der Waals surface area contributed by atoms with E-state index in [9.17, 15) is 9.18 Å². The number of rotatable bonds is 2. The number of hydrogen-bond acceptors (Lipinski definition) is 5. The van der Waals surface area contributed by atoms with Gasteiger partial charge < -0.3 is 11.1 Å². The second-order valence-electron chi connectivity index (χ2n) is 4.57. The van der Waals surface area contributed by atoms with E-state index in [0.29, 0.717) is 26.5 Å². The first-order valence-electron chi connectivity index (χ1n) is 6.13. The van der Waals surface area contributed by atoms with E-state index < -0.39 is 5.82 Å². The molecule has 0 spiro atoms. The van der Waals surface area contributed by atoms with Gasteiger partial charge in [0.15, 0.2) is 0 Å². The third-order valence-corrected chi connectivity index (χ3v) is 4.03. The van der Waals surface area contributed by atoms with Gasteiger partial charge in [-0.3, -0.25) is 4.79 Å². The largest absolute Gasteiger partial charge is 0.397 e. The van der Waals surface area contributed by atoms with Crippen molar-refractivity contribution in [3.8, 4) is 0 Å². The predicted molar refractivity (Wildman–Crippen MR) is 80.9 cm³/mol. The second-order valence-corrected chi connectivity index (χ2v) is 5.57. The number of carbonyl (C=O) groups excluding carboxylic acids is 1. The summed E-state index contributed by atoms with van der Waals surface area (Å²) in [5, 5.41) is 11.0. The monoisotopic (exact) mass is 302 g/mol. The van der Waals surface area contributed by atoms with E-state index in [4.69, 9.17) is 5.73 Å². The van der Waals surface area contributed by atoms with Crippen molar-refractivity contribution >= 4 is 38.8 Å². The van der Waals surface area contributed by atoms with Crippen LogP contribution in [-0.4, -0.2) is 16.1 Å². The molecule has 7 heteroatoms. The zero-order valence-electron chi connectivity index (χ0n) is 11.1. The number of fused-ring (bicyclic) bond motifs is 1. The van der Waals surface area contributed by atoms with Gasteiger partial charge in [-0.15, -0.1) is 16.4 Å². The topological polar surface area (TPSA) is 80.9 Å². The fraction of sp³-hybridized carbons (Fsp3) is 0.0714. The lowest BCUT2D eigenvalue weighted by molar-refractivity contribution is 0.103. The number of aryl methyl sites for hydroxylation is 1. The van der Waals surface area contributed by atoms with E-state index in [2.05, 4.69) is 15.5 Å². The maximum Gasteiger partial charge on any atom is 0.267 e. The van der Waals surface area contributed by atoms with Crippen LogP contribution in [0.15, 0.2) is 30.5 Å². The Labute approximate surface area is 123 Å². The van der Waals surface area contributed by atoms with Crippen LogP contribution >= 0.6 is 11.3 Å². The highest BCUT2D eigenvalue weighted by Crippen LogP contribution is 2.32. The Kier molecular flexibility index (Phi) is 3.26. The van der Waals surface area contributed by atoms with Gasteiger partial charge in [0.1, 0.15) is 15.5 Å². The Bertz CT molecular complexity index is 826. The molecule has 5 nitrogen and oxygen atoms in total. The Balaban J connectivity index is 1.95. The molecule has 0 aliphatic heterocycles. The molecule has 2 heterocycles. The molecule has 0 bridgehead atoms. The highest BCUT2D eigenvalue weighted by atomic mass is 32.1. The van der Waals surface area contributed by atoms with Crippen LogP contribution in [0.5, 0.6) is 0 Å². The number of halogens is 1. The van der Waals surface area contributed by atoms with Gasteiger partial charge >= 0.3 is 0 Å². The van der Waals surface area contributed by atoms with Crippen LogP contribution in [0.1, 0.15) is 15.2 Å². The smallest absolute Gasteiger partial charge is 0.267 e. The third kappa shape index (κ3) is 2.55. The van der Waals surface area contributed by atoms with Gasteiger partial charge in [-0.1, -0.05) is 0 Å². The molecule has 106 valence electrons. The number of thiophene rings is 1. The van der Waals surface area contributed by atoms with Gasteiger partial charge in [0, 0.05) is 11.1 Å². The van der Waals surface area contributed by atoms with E-state index in [0.717, 1.165) is 16.9 Å². The van der Waals surface area contributed by atoms with Gasteiger partial charge in [0.25, 0.3) is 5.91 Å². The molecular weight excluding hydrogens is 291 g/mol. The molecule has 0 aliphatic rings. The van der Waals surface area contributed by atoms with Crippen LogP contribution in [0.2, 0.25) is 0 Å². The van der Waals surface area contributed by atoms with Crippen LogP contribution in [0.25, 0.3) is 10.2 Å². The number of aromatic nitrogens is 2. The average molecular weight is 302 g/mol. The predicted octanol–water partition coefficient (Wildman–Crippen LogP) is 2.97. The van der Waals surface area contributed by atoms with Gasteiger partial charge in [-0.05, 0) is 36.8 Å². The van der Waals surface area contributed by atoms with E-state index in [-0.39, 0.29) is 5.91 Å². The summed E-state index contributed by atoms with van der Waals surface area (Å²) in [6.07, 6.45) is 1.52. The van der Waals surface area contributed by atoms with E-state index in [1.165, 1.54) is 18.3 Å². The quantitative estimate of drug-likeness (QED) is 0.762. The summed E-state index contributed by atoms with van der Waals surface area (Å²) in [5.74, 6) is -0.791. The molecule has 0 aliphatic carbocycles. The summed E-state index contributed by atoms with van der Waals surface area (Å²) in [4.78, 5) is 13.2. The van der Waals surface area contributed by atoms with Crippen LogP contribution in [0.4, 0.5) is 15.8 Å². The van der Waals surface area contributed by atoms with Crippen LogP contribution in [-0.2, 0) is 0 Å². The van der Waals surface area contributed by atoms with Gasteiger partial charge in [-0.25, -0.2) is 4.39 Å². The number of nitrogen functional groups attached to an aromatic ring is 1. The maximum atomic E-state index is 13.3. The minimum absolute atomic E-state index is 0.340. The second kappa shape index (κ2) is 5.10. The molecule has 0 saturated carbocycles. The van der Waals surface area contributed by atoms with Crippen molar-refractivity contribution in [2.75, 3.05) is 11.1 Å². The molecule has 0 saturated heterocycles. The first kappa shape index (κ1) is 13.4. The zero-order valence-corrected chi connectivity index (χ0v) is 11.9. The summed E-state index contributed by atoms with van der Waals surface area (Å²) in [5.41, 5.74) is 7.43. The molecule has 3 N–H and O–H groups in total. The summed E-state index contributed by atoms with van der Waals surface area (Å²) in [6.45, 7) is 1.75. The highest BCUT2D eigenvalue weighted by molar-refractivity contribution is 7.21. The minimum atomic E-state index is -0.402. The molecular formula is C14H11FN4OS. The highest BCUT2D eigenvalue weighted by Gasteiger charge is 2.17. The standard InChI is InChI=1S/C14H11FN4OS/c1-7-4-8(15)6-9(5-7)18-13(20)12-11(16)10-2-3-17-19-14(10)21-12/h2-6H,16H2,1H3,(H,18,20). The molecule has 3 aromatic rings. The van der Waals surface area contributed by atoms with Crippen molar-refractivity contribution in [2.24, 2.45) is 0 Å². The number of hydrogen-bond donors (Lipinski definition) is 2. The van der Waals surface area contributed by atoms with Gasteiger partial charge in [0.2, 0.25) is 0 Å². The van der Waals surface area contributed by atoms with Crippen molar-refractivity contribution in [3.63, 3.8) is 0 Å². The fourth-order valence-electron chi connectivity index (χ4n) is 2.04. The first-order valence-corrected chi connectivity index (χ1v) is 6.94. The molecule has 0 unspecified atom stereocenters. The van der Waals surface area contributed by atoms with Crippen molar-refractivity contribution in [2.45, 2.75) is 6.92 Å². The Morgan fingerprint density at radius 1 is 1.38 bits per heavy atom.